The molecule has 9 nitrogen and oxygen atoms in total. The van der Waals surface area contributed by atoms with Crippen LogP contribution in [0.25, 0.3) is 16.8 Å². The van der Waals surface area contributed by atoms with Gasteiger partial charge < -0.3 is 16.0 Å². The molecule has 2 amide bonds. The Bertz CT molecular complexity index is 1620. The van der Waals surface area contributed by atoms with E-state index in [1.165, 1.54) is 0 Å². The standard InChI is InChI=1S/C28H26F3N7O2S/c29-28(30,31)20-7-8-33-21(12-20)35-26(39)17-5-3-16(4-6-17)22-23-24(32)34-9-11-38(23)25(36-22)18-2-1-10-37(13-18)27(40)19-14-41-15-19/h3-9,11-12,18-19H,1-2,10,13-15H2,(H2,32,34)(H,33,35,39)/t18-/m1/s1. The summed E-state index contributed by atoms with van der Waals surface area (Å²) in [6.07, 6.45) is 1.64. The number of thioether (sulfide) groups is 1. The van der Waals surface area contributed by atoms with Crippen LogP contribution in [0.4, 0.5) is 24.8 Å². The number of fused-ring (bicyclic) bond motifs is 1. The number of carbonyl (C=O) groups is 2. The van der Waals surface area contributed by atoms with E-state index in [2.05, 4.69) is 15.3 Å². The van der Waals surface area contributed by atoms with Crippen molar-refractivity contribution in [3.8, 4) is 11.3 Å². The molecule has 2 aliphatic heterocycles. The molecule has 1 atom stereocenters. The van der Waals surface area contributed by atoms with Crippen molar-refractivity contribution in [3.05, 3.63) is 71.9 Å². The Morgan fingerprint density at radius 1 is 1.07 bits per heavy atom. The second kappa shape index (κ2) is 10.7. The summed E-state index contributed by atoms with van der Waals surface area (Å²) >= 11 is 1.79. The maximum Gasteiger partial charge on any atom is 0.416 e. The molecule has 6 rings (SSSR count). The van der Waals surface area contributed by atoms with E-state index >= 15 is 0 Å². The van der Waals surface area contributed by atoms with Gasteiger partial charge in [-0.1, -0.05) is 12.1 Å². The zero-order valence-corrected chi connectivity index (χ0v) is 22.6. The summed E-state index contributed by atoms with van der Waals surface area (Å²) < 4.78 is 41.0. The molecule has 2 saturated heterocycles. The van der Waals surface area contributed by atoms with E-state index in [9.17, 15) is 22.8 Å². The number of amides is 2. The minimum absolute atomic E-state index is 0.0218. The summed E-state index contributed by atoms with van der Waals surface area (Å²) in [7, 11) is 0. The van der Waals surface area contributed by atoms with Crippen LogP contribution < -0.4 is 11.1 Å². The van der Waals surface area contributed by atoms with Crippen LogP contribution in [0.2, 0.25) is 0 Å². The number of pyridine rings is 1. The number of likely N-dealkylation sites (tertiary alicyclic amines) is 1. The molecule has 2 aliphatic rings. The van der Waals surface area contributed by atoms with Crippen LogP contribution in [0.3, 0.4) is 0 Å². The Morgan fingerprint density at radius 3 is 2.56 bits per heavy atom. The van der Waals surface area contributed by atoms with Gasteiger partial charge in [-0.2, -0.15) is 24.9 Å². The highest BCUT2D eigenvalue weighted by Gasteiger charge is 2.35. The SMILES string of the molecule is Nc1nccn2c([C@@H]3CCCN(C(=O)C4CSC4)C3)nc(-c3ccc(C(=O)Nc4cc(C(F)(F)F)ccn4)cc3)c12. The van der Waals surface area contributed by atoms with Gasteiger partial charge in [0.25, 0.3) is 5.91 Å². The van der Waals surface area contributed by atoms with E-state index in [1.807, 2.05) is 15.5 Å². The fraction of sp³-hybridized carbons (Fsp3) is 0.321. The number of nitrogens with zero attached hydrogens (tertiary/aromatic N) is 5. The summed E-state index contributed by atoms with van der Waals surface area (Å²) in [6, 6.07) is 8.16. The maximum atomic E-state index is 13.0. The Labute approximate surface area is 237 Å². The zero-order valence-electron chi connectivity index (χ0n) is 21.8. The van der Waals surface area contributed by atoms with Crippen molar-refractivity contribution in [1.82, 2.24) is 24.3 Å². The summed E-state index contributed by atoms with van der Waals surface area (Å²) in [5, 5.41) is 2.41. The molecule has 0 bridgehead atoms. The topological polar surface area (TPSA) is 119 Å². The number of hydrogen-bond acceptors (Lipinski definition) is 7. The minimum Gasteiger partial charge on any atom is -0.382 e. The smallest absolute Gasteiger partial charge is 0.382 e. The van der Waals surface area contributed by atoms with Gasteiger partial charge in [-0.05, 0) is 37.1 Å². The van der Waals surface area contributed by atoms with Crippen molar-refractivity contribution in [2.24, 2.45) is 5.92 Å². The number of carbonyl (C=O) groups excluding carboxylic acids is 2. The van der Waals surface area contributed by atoms with E-state index in [0.29, 0.717) is 29.1 Å². The van der Waals surface area contributed by atoms with Gasteiger partial charge in [0, 0.05) is 60.2 Å². The Kier molecular flexibility index (Phi) is 7.06. The van der Waals surface area contributed by atoms with Gasteiger partial charge in [0.15, 0.2) is 0 Å². The lowest BCUT2D eigenvalue weighted by molar-refractivity contribution is -0.137. The highest BCUT2D eigenvalue weighted by molar-refractivity contribution is 8.00. The van der Waals surface area contributed by atoms with Gasteiger partial charge in [0.1, 0.15) is 28.7 Å². The first-order valence-corrected chi connectivity index (χ1v) is 14.3. The van der Waals surface area contributed by atoms with Crippen LogP contribution in [0.1, 0.15) is 40.5 Å². The second-order valence-corrected chi connectivity index (χ2v) is 11.2. The molecule has 41 heavy (non-hydrogen) atoms. The lowest BCUT2D eigenvalue weighted by atomic mass is 9.96. The van der Waals surface area contributed by atoms with Gasteiger partial charge in [-0.15, -0.1) is 0 Å². The average molecular weight is 582 g/mol. The molecule has 4 aromatic rings. The van der Waals surface area contributed by atoms with Crippen LogP contribution >= 0.6 is 11.8 Å². The van der Waals surface area contributed by atoms with Gasteiger partial charge in [0.05, 0.1) is 11.5 Å². The number of hydrogen-bond donors (Lipinski definition) is 2. The normalized spacial score (nSPS) is 17.8. The Hall–Kier alpha value is -4.13. The fourth-order valence-electron chi connectivity index (χ4n) is 5.24. The largest absolute Gasteiger partial charge is 0.416 e. The third kappa shape index (κ3) is 5.33. The number of aromatic nitrogens is 4. The van der Waals surface area contributed by atoms with Gasteiger partial charge in [-0.25, -0.2) is 15.0 Å². The maximum absolute atomic E-state index is 13.0. The molecule has 5 heterocycles. The van der Waals surface area contributed by atoms with Crippen molar-refractivity contribution in [1.29, 1.82) is 0 Å². The highest BCUT2D eigenvalue weighted by Crippen LogP contribution is 2.35. The molecule has 13 heteroatoms. The number of imidazole rings is 1. The lowest BCUT2D eigenvalue weighted by Crippen LogP contribution is -2.46. The number of nitrogens with two attached hydrogens (primary N) is 1. The predicted molar refractivity (Wildman–Crippen MR) is 149 cm³/mol. The highest BCUT2D eigenvalue weighted by atomic mass is 32.2. The molecule has 212 valence electrons. The molecule has 1 aromatic carbocycles. The van der Waals surface area contributed by atoms with Crippen molar-refractivity contribution in [2.45, 2.75) is 24.9 Å². The molecule has 0 saturated carbocycles. The first-order chi connectivity index (χ1) is 19.7. The Balaban J connectivity index is 1.26. The summed E-state index contributed by atoms with van der Waals surface area (Å²) in [5.74, 6) is 2.39. The number of nitrogens with one attached hydrogen (secondary N) is 1. The molecule has 0 spiro atoms. The quantitative estimate of drug-likeness (QED) is 0.350. The summed E-state index contributed by atoms with van der Waals surface area (Å²) in [6.45, 7) is 1.33. The van der Waals surface area contributed by atoms with Crippen LogP contribution in [-0.4, -0.2) is 60.7 Å². The van der Waals surface area contributed by atoms with Crippen molar-refractivity contribution in [2.75, 3.05) is 35.6 Å². The number of benzene rings is 1. The van der Waals surface area contributed by atoms with Gasteiger partial charge in [-0.3, -0.25) is 14.0 Å². The molecular weight excluding hydrogens is 555 g/mol. The second-order valence-electron chi connectivity index (χ2n) is 10.2. The van der Waals surface area contributed by atoms with E-state index in [1.54, 1.807) is 42.2 Å². The van der Waals surface area contributed by atoms with E-state index < -0.39 is 17.6 Å². The Morgan fingerprint density at radius 2 is 1.85 bits per heavy atom. The van der Waals surface area contributed by atoms with E-state index in [-0.39, 0.29) is 29.1 Å². The van der Waals surface area contributed by atoms with Crippen molar-refractivity contribution >= 4 is 40.7 Å². The van der Waals surface area contributed by atoms with Gasteiger partial charge in [0.2, 0.25) is 5.91 Å². The van der Waals surface area contributed by atoms with Crippen molar-refractivity contribution < 1.29 is 22.8 Å². The zero-order chi connectivity index (χ0) is 28.7. The van der Waals surface area contributed by atoms with Gasteiger partial charge >= 0.3 is 6.18 Å². The average Bonchev–Trinajstić information content (AvgIpc) is 3.33. The molecule has 0 aliphatic carbocycles. The van der Waals surface area contributed by atoms with Crippen molar-refractivity contribution in [3.63, 3.8) is 0 Å². The molecule has 3 N–H and O–H groups in total. The molecular formula is C28H26F3N7O2S. The molecule has 2 fully saturated rings. The third-order valence-corrected chi connectivity index (χ3v) is 8.72. The van der Waals surface area contributed by atoms with E-state index in [0.717, 1.165) is 55.0 Å². The number of halogens is 3. The van der Waals surface area contributed by atoms with Crippen LogP contribution in [0.5, 0.6) is 0 Å². The summed E-state index contributed by atoms with van der Waals surface area (Å²) in [5.41, 5.74) is 7.54. The summed E-state index contributed by atoms with van der Waals surface area (Å²) in [4.78, 5) is 40.7. The van der Waals surface area contributed by atoms with Crippen LogP contribution in [0, 0.1) is 5.92 Å². The molecule has 0 unspecified atom stereocenters. The van der Waals surface area contributed by atoms with Crippen LogP contribution in [-0.2, 0) is 11.0 Å². The fourth-order valence-corrected chi connectivity index (χ4v) is 6.00. The number of piperidine rings is 1. The first-order valence-electron chi connectivity index (χ1n) is 13.1. The molecule has 3 aromatic heterocycles. The monoisotopic (exact) mass is 581 g/mol. The van der Waals surface area contributed by atoms with Crippen LogP contribution in [0.15, 0.2) is 55.0 Å². The molecule has 0 radical (unpaired) electrons. The predicted octanol–water partition coefficient (Wildman–Crippen LogP) is 4.71. The number of anilines is 2. The lowest BCUT2D eigenvalue weighted by Gasteiger charge is -2.36. The third-order valence-electron chi connectivity index (χ3n) is 7.45. The number of nitrogen functional groups attached to an aromatic ring is 1. The minimum atomic E-state index is -4.55. The first kappa shape index (κ1) is 27.1. The van der Waals surface area contributed by atoms with E-state index in [4.69, 9.17) is 10.7 Å². The number of alkyl halides is 3. The number of rotatable bonds is 5.